The fraction of sp³-hybridized carbons (Fsp3) is 0.774. The standard InChI is InChI=1S/C19H38O6Si4.C10H30O3Si4.2CH4.H2/c1-26(2,3)23-28(7,8)25-29(9,24-27(4,5)6)16-10-15-22-18-13-11-17(12-14-18)19(20)21;1-14(2,3)11-16(7,8)13-17(9,10)12-15(4,5)6;;;/h11-14H,10,15-16H2,1-9H3,(H,20,21);1-10H3;2*1H4;1H. The van der Waals surface area contributed by atoms with Gasteiger partial charge in [0.1, 0.15) is 5.75 Å². The third kappa shape index (κ3) is 27.7. The first kappa shape index (κ1) is 52.3. The highest BCUT2D eigenvalue weighted by molar-refractivity contribution is 6.90. The van der Waals surface area contributed by atoms with E-state index < -0.39 is 73.5 Å². The molecule has 0 saturated heterocycles. The van der Waals surface area contributed by atoms with Gasteiger partial charge < -0.3 is 34.5 Å². The summed E-state index contributed by atoms with van der Waals surface area (Å²) >= 11 is 0. The van der Waals surface area contributed by atoms with Crippen LogP contribution >= 0.6 is 0 Å². The van der Waals surface area contributed by atoms with Gasteiger partial charge in [0.15, 0.2) is 33.3 Å². The largest absolute Gasteiger partial charge is 0.494 e. The molecule has 288 valence electrons. The van der Waals surface area contributed by atoms with Gasteiger partial charge in [0.05, 0.1) is 12.2 Å². The lowest BCUT2D eigenvalue weighted by atomic mass is 10.2. The van der Waals surface area contributed by atoms with Crippen LogP contribution in [0.15, 0.2) is 24.3 Å². The molecule has 17 heteroatoms. The molecule has 0 aliphatic carbocycles. The van der Waals surface area contributed by atoms with E-state index in [1.165, 1.54) is 0 Å². The smallest absolute Gasteiger partial charge is 0.335 e. The molecule has 1 aromatic rings. The third-order valence-electron chi connectivity index (χ3n) is 5.28. The van der Waals surface area contributed by atoms with Crippen LogP contribution in [0.5, 0.6) is 5.75 Å². The molecule has 0 amide bonds. The van der Waals surface area contributed by atoms with Crippen LogP contribution in [-0.4, -0.2) is 85.2 Å². The van der Waals surface area contributed by atoms with Crippen LogP contribution in [-0.2, 0) is 24.7 Å². The molecule has 1 aromatic carbocycles. The predicted octanol–water partition coefficient (Wildman–Crippen LogP) is 11.3. The highest BCUT2D eigenvalue weighted by Gasteiger charge is 2.44. The third-order valence-corrected chi connectivity index (χ3v) is 31.6. The summed E-state index contributed by atoms with van der Waals surface area (Å²) in [6.45, 7) is 41.8. The lowest BCUT2D eigenvalue weighted by Gasteiger charge is -2.41. The van der Waals surface area contributed by atoms with E-state index in [0.29, 0.717) is 12.4 Å². The molecule has 9 nitrogen and oxygen atoms in total. The molecule has 0 spiro atoms. The maximum absolute atomic E-state index is 10.9. The van der Waals surface area contributed by atoms with Crippen molar-refractivity contribution in [2.24, 2.45) is 0 Å². The van der Waals surface area contributed by atoms with Gasteiger partial charge in [0, 0.05) is 1.43 Å². The van der Waals surface area contributed by atoms with Crippen molar-refractivity contribution in [3.05, 3.63) is 29.8 Å². The van der Waals surface area contributed by atoms with Crippen molar-refractivity contribution < 1.29 is 40.8 Å². The molecule has 0 fully saturated rings. The summed E-state index contributed by atoms with van der Waals surface area (Å²) < 4.78 is 44.1. The summed E-state index contributed by atoms with van der Waals surface area (Å²) in [5, 5.41) is 8.97. The number of carboxylic acids is 1. The molecule has 48 heavy (non-hydrogen) atoms. The topological polar surface area (TPSA) is 102 Å². The second-order valence-corrected chi connectivity index (χ2v) is 50.1. The van der Waals surface area contributed by atoms with Crippen molar-refractivity contribution in [1.82, 2.24) is 0 Å². The van der Waals surface area contributed by atoms with Gasteiger partial charge in [0.2, 0.25) is 0 Å². The van der Waals surface area contributed by atoms with Crippen molar-refractivity contribution >= 4 is 73.5 Å². The number of hydrogen-bond acceptors (Lipinski definition) is 8. The second kappa shape index (κ2) is 19.7. The van der Waals surface area contributed by atoms with Crippen LogP contribution in [0.2, 0.25) is 130 Å². The van der Waals surface area contributed by atoms with E-state index in [1.54, 1.807) is 24.3 Å². The summed E-state index contributed by atoms with van der Waals surface area (Å²) in [7, 11) is -15.4. The van der Waals surface area contributed by atoms with Crippen molar-refractivity contribution in [3.8, 4) is 5.75 Å². The summed E-state index contributed by atoms with van der Waals surface area (Å²) in [5.74, 6) is -0.270. The average molecular weight is 820 g/mol. The van der Waals surface area contributed by atoms with Crippen LogP contribution < -0.4 is 4.74 Å². The highest BCUT2D eigenvalue weighted by atomic mass is 28.5. The van der Waals surface area contributed by atoms with Crippen molar-refractivity contribution in [2.75, 3.05) is 6.61 Å². The Hall–Kier alpha value is -0.0149. The van der Waals surface area contributed by atoms with E-state index in [1.807, 2.05) is 0 Å². The molecule has 1 rings (SSSR count). The normalized spacial score (nSPS) is 14.5. The maximum atomic E-state index is 10.9. The van der Waals surface area contributed by atoms with Crippen LogP contribution in [0.25, 0.3) is 0 Å². The second-order valence-electron chi connectivity index (χ2n) is 17.2. The van der Waals surface area contributed by atoms with E-state index in [9.17, 15) is 4.79 Å². The van der Waals surface area contributed by atoms with Gasteiger partial charge in [-0.2, -0.15) is 0 Å². The Labute approximate surface area is 306 Å². The molecule has 0 aromatic heterocycles. The fourth-order valence-electron chi connectivity index (χ4n) is 5.43. The van der Waals surface area contributed by atoms with Gasteiger partial charge in [-0.15, -0.1) is 0 Å². The molecule has 0 aliphatic heterocycles. The van der Waals surface area contributed by atoms with Gasteiger partial charge in [-0.1, -0.05) is 14.9 Å². The summed E-state index contributed by atoms with van der Waals surface area (Å²) in [6, 6.07) is 7.31. The lowest BCUT2D eigenvalue weighted by molar-refractivity contribution is 0.0696. The average Bonchev–Trinajstić information content (AvgIpc) is 2.69. The molecule has 0 radical (unpaired) electrons. The number of carboxylic acid groups (broad SMARTS) is 1. The molecule has 0 bridgehead atoms. The minimum Gasteiger partial charge on any atom is -0.494 e. The molecule has 0 saturated carbocycles. The first-order valence-electron chi connectivity index (χ1n) is 16.3. The molecule has 0 heterocycles. The van der Waals surface area contributed by atoms with Crippen molar-refractivity contribution in [3.63, 3.8) is 0 Å². The minimum absolute atomic E-state index is 0. The Balaban J connectivity index is -0.000000439. The Kier molecular flexibility index (Phi) is 21.5. The van der Waals surface area contributed by atoms with E-state index in [-0.39, 0.29) is 21.8 Å². The molecular formula is C31H78O9Si8. The number of aromatic carboxylic acids is 1. The first-order valence-corrected chi connectivity index (χ1v) is 40.9. The van der Waals surface area contributed by atoms with Crippen LogP contribution in [0.1, 0.15) is 33.1 Å². The Bertz CT molecular complexity index is 1060. The Morgan fingerprint density at radius 3 is 1.19 bits per heavy atom. The summed E-state index contributed by atoms with van der Waals surface area (Å²) in [4.78, 5) is 10.9. The van der Waals surface area contributed by atoms with E-state index in [4.69, 9.17) is 34.5 Å². The van der Waals surface area contributed by atoms with Gasteiger partial charge in [-0.25, -0.2) is 4.79 Å². The van der Waals surface area contributed by atoms with Crippen molar-refractivity contribution in [2.45, 2.75) is 152 Å². The van der Waals surface area contributed by atoms with Crippen molar-refractivity contribution in [1.29, 1.82) is 0 Å². The molecule has 1 atom stereocenters. The molecule has 0 aliphatic rings. The molecule has 1 unspecified atom stereocenters. The van der Waals surface area contributed by atoms with Gasteiger partial charge in [0.25, 0.3) is 0 Å². The molecular weight excluding hydrogens is 741 g/mol. The van der Waals surface area contributed by atoms with E-state index >= 15 is 0 Å². The highest BCUT2D eigenvalue weighted by Crippen LogP contribution is 2.28. The molecule has 1 N–H and O–H groups in total. The van der Waals surface area contributed by atoms with E-state index in [2.05, 4.69) is 124 Å². The monoisotopic (exact) mass is 818 g/mol. The number of rotatable bonds is 18. The zero-order valence-electron chi connectivity index (χ0n) is 32.6. The first-order chi connectivity index (χ1) is 20.1. The maximum Gasteiger partial charge on any atom is 0.335 e. The minimum atomic E-state index is -2.42. The fourth-order valence-corrected chi connectivity index (χ4v) is 41.0. The van der Waals surface area contributed by atoms with Crippen LogP contribution in [0.3, 0.4) is 0 Å². The lowest BCUT2D eigenvalue weighted by Crippen LogP contribution is -2.56. The zero-order chi connectivity index (χ0) is 36.6. The predicted molar refractivity (Wildman–Crippen MR) is 228 cm³/mol. The van der Waals surface area contributed by atoms with Gasteiger partial charge in [-0.3, -0.25) is 0 Å². The van der Waals surface area contributed by atoms with Gasteiger partial charge >= 0.3 is 40.2 Å². The number of ether oxygens (including phenoxy) is 1. The quantitative estimate of drug-likeness (QED) is 0.115. The number of carbonyl (C=O) groups is 1. The van der Waals surface area contributed by atoms with E-state index in [0.717, 1.165) is 12.5 Å². The zero-order valence-corrected chi connectivity index (χ0v) is 40.6. The van der Waals surface area contributed by atoms with Crippen LogP contribution in [0, 0.1) is 0 Å². The Morgan fingerprint density at radius 1 is 0.542 bits per heavy atom. The summed E-state index contributed by atoms with van der Waals surface area (Å²) in [5.41, 5.74) is 0.254. The Morgan fingerprint density at radius 2 is 0.875 bits per heavy atom. The number of benzene rings is 1. The number of hydrogen-bond donors (Lipinski definition) is 1. The van der Waals surface area contributed by atoms with Gasteiger partial charge in [-0.05, 0) is 161 Å². The van der Waals surface area contributed by atoms with Crippen LogP contribution in [0.4, 0.5) is 0 Å². The SMILES string of the molecule is C.C.C[Si](C)(C)O[Si](C)(C)O[Si](C)(C)O[Si](C)(C)C.C[Si](C)(C)O[Si](C)(C)O[Si](C)(CCCOc1ccc(C(=O)O)cc1)O[Si](C)(C)C.[HH]. The summed E-state index contributed by atoms with van der Waals surface area (Å²) in [6.07, 6.45) is 0.811.